The molecule has 0 fully saturated rings. The number of rotatable bonds is 7. The second-order valence-corrected chi connectivity index (χ2v) is 5.11. The minimum Gasteiger partial charge on any atom is -0.460 e. The van der Waals surface area contributed by atoms with E-state index in [0.717, 1.165) is 5.56 Å². The van der Waals surface area contributed by atoms with E-state index in [2.05, 4.69) is 13.8 Å². The normalized spacial score (nSPS) is 14.2. The smallest absolute Gasteiger partial charge is 0.305 e. The third-order valence-electron chi connectivity index (χ3n) is 2.77. The van der Waals surface area contributed by atoms with E-state index in [4.69, 9.17) is 9.47 Å². The molecule has 1 aromatic rings. The molecule has 106 valence electrons. The van der Waals surface area contributed by atoms with Crippen LogP contribution in [0.1, 0.15) is 45.8 Å². The van der Waals surface area contributed by atoms with E-state index < -0.39 is 0 Å². The molecule has 0 aliphatic carbocycles. The molecule has 0 radical (unpaired) electrons. The summed E-state index contributed by atoms with van der Waals surface area (Å²) >= 11 is 0. The molecule has 0 saturated heterocycles. The third-order valence-corrected chi connectivity index (χ3v) is 2.77. The molecule has 0 spiro atoms. The van der Waals surface area contributed by atoms with Crippen LogP contribution in [-0.2, 0) is 14.3 Å². The van der Waals surface area contributed by atoms with Gasteiger partial charge in [0.1, 0.15) is 12.2 Å². The second kappa shape index (κ2) is 7.95. The van der Waals surface area contributed by atoms with Crippen LogP contribution in [0.25, 0.3) is 0 Å². The first kappa shape index (κ1) is 15.7. The Kier molecular flexibility index (Phi) is 6.57. The molecule has 0 amide bonds. The van der Waals surface area contributed by atoms with Gasteiger partial charge in [0.25, 0.3) is 0 Å². The highest BCUT2D eigenvalue weighted by molar-refractivity contribution is 5.69. The maximum Gasteiger partial charge on any atom is 0.305 e. The molecule has 2 atom stereocenters. The van der Waals surface area contributed by atoms with E-state index in [1.54, 1.807) is 6.92 Å². The zero-order chi connectivity index (χ0) is 14.3. The van der Waals surface area contributed by atoms with E-state index in [9.17, 15) is 4.79 Å². The van der Waals surface area contributed by atoms with E-state index in [-0.39, 0.29) is 18.2 Å². The van der Waals surface area contributed by atoms with Crippen molar-refractivity contribution < 1.29 is 14.3 Å². The SMILES string of the molecule is CCC(=O)OC(C)C(OCC(C)C)c1ccccc1. The number of hydrogen-bond acceptors (Lipinski definition) is 3. The average Bonchev–Trinajstić information content (AvgIpc) is 2.39. The highest BCUT2D eigenvalue weighted by atomic mass is 16.6. The highest BCUT2D eigenvalue weighted by Crippen LogP contribution is 2.24. The lowest BCUT2D eigenvalue weighted by Crippen LogP contribution is -2.25. The van der Waals surface area contributed by atoms with Crippen molar-refractivity contribution in [3.63, 3.8) is 0 Å². The molecule has 19 heavy (non-hydrogen) atoms. The monoisotopic (exact) mass is 264 g/mol. The first-order valence-corrected chi connectivity index (χ1v) is 6.90. The standard InChI is InChI=1S/C16H24O3/c1-5-15(17)19-13(4)16(18-11-12(2)3)14-9-7-6-8-10-14/h6-10,12-13,16H,5,11H2,1-4H3. The predicted molar refractivity (Wildman–Crippen MR) is 75.8 cm³/mol. The Morgan fingerprint density at radius 1 is 1.16 bits per heavy atom. The van der Waals surface area contributed by atoms with Crippen molar-refractivity contribution >= 4 is 5.97 Å². The fourth-order valence-corrected chi connectivity index (χ4v) is 1.79. The number of carbonyl (C=O) groups is 1. The van der Waals surface area contributed by atoms with Gasteiger partial charge in [-0.05, 0) is 18.4 Å². The van der Waals surface area contributed by atoms with Gasteiger partial charge in [0.2, 0.25) is 0 Å². The van der Waals surface area contributed by atoms with Crippen LogP contribution >= 0.6 is 0 Å². The van der Waals surface area contributed by atoms with E-state index in [1.807, 2.05) is 37.3 Å². The average molecular weight is 264 g/mol. The van der Waals surface area contributed by atoms with Crippen molar-refractivity contribution in [2.75, 3.05) is 6.61 Å². The Balaban J connectivity index is 2.77. The molecule has 3 nitrogen and oxygen atoms in total. The lowest BCUT2D eigenvalue weighted by molar-refractivity contribution is -0.156. The predicted octanol–water partition coefficient (Wildman–Crippen LogP) is 3.74. The second-order valence-electron chi connectivity index (χ2n) is 5.11. The number of ether oxygens (including phenoxy) is 2. The van der Waals surface area contributed by atoms with Crippen LogP contribution < -0.4 is 0 Å². The molecule has 3 heteroatoms. The van der Waals surface area contributed by atoms with Crippen molar-refractivity contribution in [3.05, 3.63) is 35.9 Å². The summed E-state index contributed by atoms with van der Waals surface area (Å²) in [6.45, 7) is 8.52. The molecule has 0 aliphatic heterocycles. The Morgan fingerprint density at radius 2 is 1.79 bits per heavy atom. The molecular weight excluding hydrogens is 240 g/mol. The summed E-state index contributed by atoms with van der Waals surface area (Å²) in [5.41, 5.74) is 1.04. The Morgan fingerprint density at radius 3 is 2.32 bits per heavy atom. The largest absolute Gasteiger partial charge is 0.460 e. The minimum atomic E-state index is -0.284. The fourth-order valence-electron chi connectivity index (χ4n) is 1.79. The van der Waals surface area contributed by atoms with Crippen molar-refractivity contribution in [2.45, 2.75) is 46.3 Å². The molecule has 0 aliphatic rings. The van der Waals surface area contributed by atoms with Crippen LogP contribution in [0.2, 0.25) is 0 Å². The van der Waals surface area contributed by atoms with E-state index in [0.29, 0.717) is 18.9 Å². The lowest BCUT2D eigenvalue weighted by Gasteiger charge is -2.25. The van der Waals surface area contributed by atoms with Crippen LogP contribution in [0.4, 0.5) is 0 Å². The first-order chi connectivity index (χ1) is 9.04. The van der Waals surface area contributed by atoms with Crippen LogP contribution in [0.5, 0.6) is 0 Å². The zero-order valence-corrected chi connectivity index (χ0v) is 12.3. The number of hydrogen-bond donors (Lipinski definition) is 0. The molecule has 0 bridgehead atoms. The summed E-state index contributed by atoms with van der Waals surface area (Å²) in [7, 11) is 0. The molecule has 0 N–H and O–H groups in total. The van der Waals surface area contributed by atoms with Gasteiger partial charge in [-0.15, -0.1) is 0 Å². The molecule has 0 saturated carbocycles. The lowest BCUT2D eigenvalue weighted by atomic mass is 10.0. The zero-order valence-electron chi connectivity index (χ0n) is 12.3. The van der Waals surface area contributed by atoms with Gasteiger partial charge in [0.05, 0.1) is 0 Å². The Labute approximate surface area is 115 Å². The fraction of sp³-hybridized carbons (Fsp3) is 0.562. The van der Waals surface area contributed by atoms with Gasteiger partial charge in [-0.2, -0.15) is 0 Å². The first-order valence-electron chi connectivity index (χ1n) is 6.90. The molecule has 0 heterocycles. The van der Waals surface area contributed by atoms with Crippen molar-refractivity contribution in [2.24, 2.45) is 5.92 Å². The number of esters is 1. The molecule has 2 unspecified atom stereocenters. The topological polar surface area (TPSA) is 35.5 Å². The van der Waals surface area contributed by atoms with Gasteiger partial charge in [0.15, 0.2) is 0 Å². The van der Waals surface area contributed by atoms with Gasteiger partial charge in [-0.25, -0.2) is 0 Å². The van der Waals surface area contributed by atoms with Crippen molar-refractivity contribution in [1.29, 1.82) is 0 Å². The van der Waals surface area contributed by atoms with Crippen LogP contribution in [0, 0.1) is 5.92 Å². The van der Waals surface area contributed by atoms with Gasteiger partial charge in [-0.1, -0.05) is 51.1 Å². The Bertz CT molecular complexity index is 373. The highest BCUT2D eigenvalue weighted by Gasteiger charge is 2.23. The van der Waals surface area contributed by atoms with Crippen LogP contribution in [0.15, 0.2) is 30.3 Å². The van der Waals surface area contributed by atoms with Crippen LogP contribution in [-0.4, -0.2) is 18.7 Å². The van der Waals surface area contributed by atoms with Crippen LogP contribution in [0.3, 0.4) is 0 Å². The maximum absolute atomic E-state index is 11.4. The summed E-state index contributed by atoms with van der Waals surface area (Å²) in [5, 5.41) is 0. The molecular formula is C16H24O3. The van der Waals surface area contributed by atoms with Gasteiger partial charge < -0.3 is 9.47 Å². The maximum atomic E-state index is 11.4. The molecule has 1 rings (SSSR count). The molecule has 0 aromatic heterocycles. The summed E-state index contributed by atoms with van der Waals surface area (Å²) in [6.07, 6.45) is -0.108. The van der Waals surface area contributed by atoms with E-state index >= 15 is 0 Å². The van der Waals surface area contributed by atoms with Crippen molar-refractivity contribution in [1.82, 2.24) is 0 Å². The summed E-state index contributed by atoms with van der Waals surface area (Å²) < 4.78 is 11.3. The summed E-state index contributed by atoms with van der Waals surface area (Å²) in [5.74, 6) is 0.252. The van der Waals surface area contributed by atoms with Gasteiger partial charge in [0, 0.05) is 13.0 Å². The van der Waals surface area contributed by atoms with Gasteiger partial charge >= 0.3 is 5.97 Å². The van der Waals surface area contributed by atoms with Crippen molar-refractivity contribution in [3.8, 4) is 0 Å². The number of benzene rings is 1. The summed E-state index contributed by atoms with van der Waals surface area (Å²) in [6, 6.07) is 9.90. The Hall–Kier alpha value is -1.35. The minimum absolute atomic E-state index is 0.193. The van der Waals surface area contributed by atoms with Gasteiger partial charge in [-0.3, -0.25) is 4.79 Å². The quantitative estimate of drug-likeness (QED) is 0.704. The summed E-state index contributed by atoms with van der Waals surface area (Å²) in [4.78, 5) is 11.4. The molecule has 1 aromatic carbocycles. The third kappa shape index (κ3) is 5.43. The van der Waals surface area contributed by atoms with E-state index in [1.165, 1.54) is 0 Å². The number of carbonyl (C=O) groups excluding carboxylic acids is 1.